The molecule has 0 aliphatic rings. The van der Waals surface area contributed by atoms with Crippen molar-refractivity contribution in [1.82, 2.24) is 0 Å². The summed E-state index contributed by atoms with van der Waals surface area (Å²) in [5, 5.41) is 0. The van der Waals surface area contributed by atoms with Crippen LogP contribution in [-0.4, -0.2) is 0 Å². The Morgan fingerprint density at radius 2 is 1.33 bits per heavy atom. The van der Waals surface area contributed by atoms with E-state index in [0.29, 0.717) is 5.41 Å². The third kappa shape index (κ3) is 13.0. The van der Waals surface area contributed by atoms with Gasteiger partial charge in [-0.15, -0.1) is 12.6 Å². The van der Waals surface area contributed by atoms with Crippen molar-refractivity contribution in [3.05, 3.63) is 34.3 Å². The van der Waals surface area contributed by atoms with Gasteiger partial charge in [-0.05, 0) is 69.6 Å². The Hall–Kier alpha value is -0.430. The van der Waals surface area contributed by atoms with Gasteiger partial charge in [0.25, 0.3) is 0 Å². The lowest BCUT2D eigenvalue weighted by molar-refractivity contribution is 0.325. The lowest BCUT2D eigenvalue weighted by atomic mass is 9.85. The van der Waals surface area contributed by atoms with Gasteiger partial charge in [0.2, 0.25) is 0 Å². The van der Waals surface area contributed by atoms with Crippen LogP contribution in [0, 0.1) is 5.41 Å². The van der Waals surface area contributed by atoms with Crippen LogP contribution < -0.4 is 0 Å². The SMILES string of the molecule is CCC(C)(C)CC/C=C(\C)CC/C=C(\C)CC/C=C(\C)S. The summed E-state index contributed by atoms with van der Waals surface area (Å²) in [5.74, 6) is 0. The molecule has 0 bridgehead atoms. The molecular weight excluding hydrogens is 272 g/mol. The van der Waals surface area contributed by atoms with Gasteiger partial charge < -0.3 is 0 Å². The summed E-state index contributed by atoms with van der Waals surface area (Å²) in [6.45, 7) is 13.6. The summed E-state index contributed by atoms with van der Waals surface area (Å²) in [6, 6.07) is 0. The molecule has 21 heavy (non-hydrogen) atoms. The maximum atomic E-state index is 4.29. The Morgan fingerprint density at radius 3 is 1.81 bits per heavy atom. The highest BCUT2D eigenvalue weighted by Crippen LogP contribution is 2.26. The average Bonchev–Trinajstić information content (AvgIpc) is 2.38. The third-order valence-corrected chi connectivity index (χ3v) is 4.46. The zero-order chi connectivity index (χ0) is 16.3. The zero-order valence-corrected chi connectivity index (χ0v) is 16.0. The Morgan fingerprint density at radius 1 is 0.857 bits per heavy atom. The third-order valence-electron chi connectivity index (χ3n) is 4.28. The van der Waals surface area contributed by atoms with Gasteiger partial charge in [-0.25, -0.2) is 0 Å². The highest BCUT2D eigenvalue weighted by atomic mass is 32.1. The first-order valence-corrected chi connectivity index (χ1v) is 8.88. The molecule has 0 unspecified atom stereocenters. The number of thiol groups is 1. The number of hydrogen-bond acceptors (Lipinski definition) is 1. The highest BCUT2D eigenvalue weighted by molar-refractivity contribution is 7.84. The molecule has 0 amide bonds. The number of allylic oxidation sites excluding steroid dienone is 6. The summed E-state index contributed by atoms with van der Waals surface area (Å²) in [7, 11) is 0. The average molecular weight is 309 g/mol. The molecule has 0 radical (unpaired) electrons. The van der Waals surface area contributed by atoms with E-state index in [2.05, 4.69) is 65.5 Å². The molecule has 0 nitrogen and oxygen atoms in total. The van der Waals surface area contributed by atoms with Gasteiger partial charge in [0, 0.05) is 0 Å². The van der Waals surface area contributed by atoms with Crippen molar-refractivity contribution in [3.8, 4) is 0 Å². The molecule has 0 rings (SSSR count). The van der Waals surface area contributed by atoms with Crippen LogP contribution >= 0.6 is 12.6 Å². The molecule has 0 aromatic carbocycles. The van der Waals surface area contributed by atoms with E-state index in [9.17, 15) is 0 Å². The van der Waals surface area contributed by atoms with Crippen LogP contribution in [0.2, 0.25) is 0 Å². The van der Waals surface area contributed by atoms with Crippen LogP contribution in [0.15, 0.2) is 34.3 Å². The van der Waals surface area contributed by atoms with E-state index in [1.54, 1.807) is 0 Å². The van der Waals surface area contributed by atoms with Gasteiger partial charge >= 0.3 is 0 Å². The highest BCUT2D eigenvalue weighted by Gasteiger charge is 2.12. The minimum absolute atomic E-state index is 0.492. The van der Waals surface area contributed by atoms with E-state index in [0.717, 1.165) is 17.7 Å². The first kappa shape index (κ1) is 20.6. The van der Waals surface area contributed by atoms with Crippen molar-refractivity contribution in [2.24, 2.45) is 5.41 Å². The van der Waals surface area contributed by atoms with Crippen LogP contribution in [0.1, 0.15) is 86.5 Å². The molecule has 0 saturated heterocycles. The smallest absolute Gasteiger partial charge is 0.0255 e. The normalized spacial score (nSPS) is 14.7. The van der Waals surface area contributed by atoms with Crippen molar-refractivity contribution < 1.29 is 0 Å². The van der Waals surface area contributed by atoms with E-state index in [1.807, 2.05) is 6.92 Å². The van der Waals surface area contributed by atoms with Gasteiger partial charge in [-0.3, -0.25) is 0 Å². The van der Waals surface area contributed by atoms with Gasteiger partial charge in [0.1, 0.15) is 0 Å². The molecule has 1 heteroatoms. The predicted molar refractivity (Wildman–Crippen MR) is 102 cm³/mol. The van der Waals surface area contributed by atoms with E-state index in [1.165, 1.54) is 43.3 Å². The monoisotopic (exact) mass is 308 g/mol. The van der Waals surface area contributed by atoms with Crippen molar-refractivity contribution in [2.75, 3.05) is 0 Å². The largest absolute Gasteiger partial charge is 0.149 e. The summed E-state index contributed by atoms with van der Waals surface area (Å²) in [4.78, 5) is 1.12. The summed E-state index contributed by atoms with van der Waals surface area (Å²) in [6.07, 6.45) is 15.5. The maximum Gasteiger partial charge on any atom is -0.0255 e. The van der Waals surface area contributed by atoms with E-state index >= 15 is 0 Å². The molecule has 0 aliphatic heterocycles. The van der Waals surface area contributed by atoms with Crippen LogP contribution in [0.4, 0.5) is 0 Å². The molecule has 0 atom stereocenters. The second kappa shape index (κ2) is 11.2. The molecule has 0 N–H and O–H groups in total. The fourth-order valence-corrected chi connectivity index (χ4v) is 2.27. The van der Waals surface area contributed by atoms with Gasteiger partial charge in [0.05, 0.1) is 0 Å². The molecule has 0 spiro atoms. The van der Waals surface area contributed by atoms with Crippen molar-refractivity contribution >= 4 is 12.6 Å². The van der Waals surface area contributed by atoms with Crippen molar-refractivity contribution in [3.63, 3.8) is 0 Å². The molecule has 0 heterocycles. The standard InChI is InChI=1S/C20H36S/c1-7-20(5,6)16-10-14-18(3)12-8-11-17(2)13-9-15-19(4)21/h11,14-15,21H,7-10,12-13,16H2,1-6H3/b17-11+,18-14+,19-15+. The van der Waals surface area contributed by atoms with Gasteiger partial charge in [-0.1, -0.05) is 56.6 Å². The second-order valence-electron chi connectivity index (χ2n) is 7.08. The molecule has 0 aromatic rings. The van der Waals surface area contributed by atoms with E-state index in [4.69, 9.17) is 0 Å². The fraction of sp³-hybridized carbons (Fsp3) is 0.700. The number of rotatable bonds is 10. The predicted octanol–water partition coefficient (Wildman–Crippen LogP) is 7.49. The minimum atomic E-state index is 0.492. The molecule has 0 aromatic heterocycles. The lowest BCUT2D eigenvalue weighted by Gasteiger charge is -2.21. The molecular formula is C20H36S. The molecule has 0 saturated carbocycles. The first-order valence-electron chi connectivity index (χ1n) is 8.44. The van der Waals surface area contributed by atoms with Crippen LogP contribution in [-0.2, 0) is 0 Å². The summed E-state index contributed by atoms with van der Waals surface area (Å²) in [5.41, 5.74) is 3.53. The Kier molecular flexibility index (Phi) is 11.0. The fourth-order valence-electron chi connectivity index (χ4n) is 2.15. The summed E-state index contributed by atoms with van der Waals surface area (Å²) >= 11 is 4.29. The van der Waals surface area contributed by atoms with Gasteiger partial charge in [0.15, 0.2) is 0 Å². The van der Waals surface area contributed by atoms with Gasteiger partial charge in [-0.2, -0.15) is 0 Å². The molecule has 122 valence electrons. The van der Waals surface area contributed by atoms with Crippen LogP contribution in [0.5, 0.6) is 0 Å². The second-order valence-corrected chi connectivity index (χ2v) is 7.79. The summed E-state index contributed by atoms with van der Waals surface area (Å²) < 4.78 is 0. The van der Waals surface area contributed by atoms with Crippen LogP contribution in [0.25, 0.3) is 0 Å². The first-order chi connectivity index (χ1) is 9.76. The zero-order valence-electron chi connectivity index (χ0n) is 15.1. The Balaban J connectivity index is 3.96. The Bertz CT molecular complexity index is 365. The quantitative estimate of drug-likeness (QED) is 0.313. The lowest BCUT2D eigenvalue weighted by Crippen LogP contribution is -2.08. The van der Waals surface area contributed by atoms with E-state index in [-0.39, 0.29) is 0 Å². The molecule has 0 aliphatic carbocycles. The topological polar surface area (TPSA) is 0 Å². The van der Waals surface area contributed by atoms with E-state index < -0.39 is 0 Å². The molecule has 0 fully saturated rings. The minimum Gasteiger partial charge on any atom is -0.149 e. The Labute approximate surface area is 139 Å². The maximum absolute atomic E-state index is 4.29. The number of hydrogen-bond donors (Lipinski definition) is 1. The van der Waals surface area contributed by atoms with Crippen LogP contribution in [0.3, 0.4) is 0 Å². The van der Waals surface area contributed by atoms with Crippen molar-refractivity contribution in [1.29, 1.82) is 0 Å². The van der Waals surface area contributed by atoms with Crippen molar-refractivity contribution in [2.45, 2.75) is 86.5 Å².